The summed E-state index contributed by atoms with van der Waals surface area (Å²) in [7, 11) is 0. The highest BCUT2D eigenvalue weighted by molar-refractivity contribution is 9.10. The lowest BCUT2D eigenvalue weighted by atomic mass is 9.89. The van der Waals surface area contributed by atoms with E-state index in [0.29, 0.717) is 5.11 Å². The molecule has 0 amide bonds. The first-order chi connectivity index (χ1) is 11.3. The molecule has 0 bridgehead atoms. The van der Waals surface area contributed by atoms with Crippen LogP contribution >= 0.6 is 28.1 Å². The normalized spacial score (nSPS) is 18.2. The molecule has 126 valence electrons. The van der Waals surface area contributed by atoms with E-state index in [-0.39, 0.29) is 11.6 Å². The van der Waals surface area contributed by atoms with Gasteiger partial charge in [0, 0.05) is 22.1 Å². The van der Waals surface area contributed by atoms with Gasteiger partial charge >= 0.3 is 0 Å². The third kappa shape index (κ3) is 4.08. The summed E-state index contributed by atoms with van der Waals surface area (Å²) < 4.78 is 7.18. The summed E-state index contributed by atoms with van der Waals surface area (Å²) in [5, 5.41) is 7.30. The van der Waals surface area contributed by atoms with Crippen LogP contribution in [0.1, 0.15) is 37.4 Å². The monoisotopic (exact) mass is 404 g/mol. The Kier molecular flexibility index (Phi) is 4.83. The molecule has 1 heterocycles. The molecule has 0 unspecified atom stereocenters. The minimum absolute atomic E-state index is 0.125. The van der Waals surface area contributed by atoms with Gasteiger partial charge in [0.05, 0.1) is 6.04 Å². The highest BCUT2D eigenvalue weighted by Gasteiger charge is 2.34. The van der Waals surface area contributed by atoms with Crippen molar-refractivity contribution < 1.29 is 4.74 Å². The van der Waals surface area contributed by atoms with Gasteiger partial charge in [-0.3, -0.25) is 0 Å². The van der Waals surface area contributed by atoms with Crippen LogP contribution in [0.3, 0.4) is 0 Å². The summed E-state index contributed by atoms with van der Waals surface area (Å²) in [5.74, 6) is 0.940. The number of anilines is 1. The van der Waals surface area contributed by atoms with Gasteiger partial charge in [0.15, 0.2) is 5.11 Å². The van der Waals surface area contributed by atoms with Crippen molar-refractivity contribution in [2.75, 3.05) is 5.32 Å². The minimum Gasteiger partial charge on any atom is -0.487 e. The van der Waals surface area contributed by atoms with E-state index in [1.807, 2.05) is 24.3 Å². The predicted octanol–water partition coefficient (Wildman–Crippen LogP) is 5.35. The lowest BCUT2D eigenvalue weighted by molar-refractivity contribution is 0.0696. The zero-order valence-electron chi connectivity index (χ0n) is 14.0. The molecule has 1 aliphatic rings. The van der Waals surface area contributed by atoms with E-state index in [0.717, 1.165) is 27.9 Å². The minimum atomic E-state index is -0.230. The maximum absolute atomic E-state index is 6.13. The SMILES string of the molecule is Cc1ccc2c(c1)OC(C)(C)C[C@@H]2NC(=S)Nc1ccc(Br)cc1. The molecular weight excluding hydrogens is 384 g/mol. The number of hydrogen-bond acceptors (Lipinski definition) is 2. The van der Waals surface area contributed by atoms with Crippen LogP contribution in [0.15, 0.2) is 46.9 Å². The number of aryl methyl sites for hydroxylation is 1. The zero-order chi connectivity index (χ0) is 17.3. The van der Waals surface area contributed by atoms with E-state index < -0.39 is 0 Å². The predicted molar refractivity (Wildman–Crippen MR) is 107 cm³/mol. The van der Waals surface area contributed by atoms with Crippen molar-refractivity contribution in [1.29, 1.82) is 0 Å². The average Bonchev–Trinajstić information content (AvgIpc) is 2.48. The van der Waals surface area contributed by atoms with E-state index >= 15 is 0 Å². The third-order valence-corrected chi connectivity index (χ3v) is 4.78. The van der Waals surface area contributed by atoms with Crippen LogP contribution in [0.4, 0.5) is 5.69 Å². The summed E-state index contributed by atoms with van der Waals surface area (Å²) in [6.07, 6.45) is 0.852. The molecule has 2 N–H and O–H groups in total. The van der Waals surface area contributed by atoms with Crippen molar-refractivity contribution in [3.8, 4) is 5.75 Å². The zero-order valence-corrected chi connectivity index (χ0v) is 16.4. The quantitative estimate of drug-likeness (QED) is 0.661. The summed E-state index contributed by atoms with van der Waals surface area (Å²) >= 11 is 8.94. The Morgan fingerprint density at radius 3 is 2.62 bits per heavy atom. The van der Waals surface area contributed by atoms with Crippen LogP contribution in [0.5, 0.6) is 5.75 Å². The molecule has 0 saturated carbocycles. The van der Waals surface area contributed by atoms with Crippen LogP contribution in [0.25, 0.3) is 0 Å². The van der Waals surface area contributed by atoms with Crippen molar-refractivity contribution in [3.05, 3.63) is 58.1 Å². The Balaban J connectivity index is 1.76. The maximum atomic E-state index is 6.13. The van der Waals surface area contributed by atoms with Crippen molar-refractivity contribution in [2.45, 2.75) is 38.8 Å². The second-order valence-corrected chi connectivity index (χ2v) is 8.09. The van der Waals surface area contributed by atoms with Gasteiger partial charge in [-0.15, -0.1) is 0 Å². The van der Waals surface area contributed by atoms with E-state index in [2.05, 4.69) is 65.5 Å². The standard InChI is InChI=1S/C19H21BrN2OS/c1-12-4-9-15-16(11-19(2,3)23-17(15)10-12)22-18(24)21-14-7-5-13(20)6-8-14/h4-10,16H,11H2,1-3H3,(H2,21,22,24)/t16-/m0/s1. The van der Waals surface area contributed by atoms with Crippen molar-refractivity contribution >= 4 is 38.9 Å². The Bertz CT molecular complexity index is 758. The molecule has 0 aliphatic carbocycles. The third-order valence-electron chi connectivity index (χ3n) is 4.03. The molecule has 0 spiro atoms. The molecule has 2 aromatic rings. The van der Waals surface area contributed by atoms with Gasteiger partial charge in [-0.25, -0.2) is 0 Å². The number of benzene rings is 2. The van der Waals surface area contributed by atoms with Crippen LogP contribution in [-0.2, 0) is 0 Å². The lowest BCUT2D eigenvalue weighted by Gasteiger charge is -2.38. The number of fused-ring (bicyclic) bond motifs is 1. The molecule has 24 heavy (non-hydrogen) atoms. The van der Waals surface area contributed by atoms with Crippen LogP contribution in [0.2, 0.25) is 0 Å². The van der Waals surface area contributed by atoms with Crippen LogP contribution < -0.4 is 15.4 Å². The van der Waals surface area contributed by atoms with E-state index in [9.17, 15) is 0 Å². The molecule has 0 saturated heterocycles. The highest BCUT2D eigenvalue weighted by atomic mass is 79.9. The van der Waals surface area contributed by atoms with Gasteiger partial charge in [-0.1, -0.05) is 28.1 Å². The molecule has 2 aromatic carbocycles. The molecule has 3 nitrogen and oxygen atoms in total. The van der Waals surface area contributed by atoms with Gasteiger partial charge in [0.1, 0.15) is 11.4 Å². The molecule has 5 heteroatoms. The van der Waals surface area contributed by atoms with Crippen molar-refractivity contribution in [1.82, 2.24) is 5.32 Å². The van der Waals surface area contributed by atoms with Crippen LogP contribution in [0, 0.1) is 6.92 Å². The lowest BCUT2D eigenvalue weighted by Crippen LogP contribution is -2.42. The van der Waals surface area contributed by atoms with E-state index in [4.69, 9.17) is 17.0 Å². The fourth-order valence-corrected chi connectivity index (χ4v) is 3.47. The first-order valence-corrected chi connectivity index (χ1v) is 9.15. The molecular formula is C19H21BrN2OS. The number of nitrogens with one attached hydrogen (secondary N) is 2. The number of ether oxygens (including phenoxy) is 1. The topological polar surface area (TPSA) is 33.3 Å². The molecule has 0 radical (unpaired) electrons. The summed E-state index contributed by atoms with van der Waals surface area (Å²) in [6.45, 7) is 6.30. The molecule has 1 atom stereocenters. The Labute approximate surface area is 156 Å². The Morgan fingerprint density at radius 1 is 1.21 bits per heavy atom. The smallest absolute Gasteiger partial charge is 0.171 e. The van der Waals surface area contributed by atoms with E-state index in [1.54, 1.807) is 0 Å². The highest BCUT2D eigenvalue weighted by Crippen LogP contribution is 2.39. The first kappa shape index (κ1) is 17.2. The van der Waals surface area contributed by atoms with E-state index in [1.165, 1.54) is 5.56 Å². The fraction of sp³-hybridized carbons (Fsp3) is 0.316. The number of halogens is 1. The van der Waals surface area contributed by atoms with Gasteiger partial charge in [0.2, 0.25) is 0 Å². The number of rotatable bonds is 2. The van der Waals surface area contributed by atoms with Crippen molar-refractivity contribution in [3.63, 3.8) is 0 Å². The first-order valence-electron chi connectivity index (χ1n) is 7.95. The van der Waals surface area contributed by atoms with Gasteiger partial charge in [-0.05, 0) is 68.9 Å². The summed E-state index contributed by atoms with van der Waals surface area (Å²) in [4.78, 5) is 0. The van der Waals surface area contributed by atoms with Gasteiger partial charge in [-0.2, -0.15) is 0 Å². The van der Waals surface area contributed by atoms with Gasteiger partial charge < -0.3 is 15.4 Å². The molecule has 1 aliphatic heterocycles. The second-order valence-electron chi connectivity index (χ2n) is 6.77. The summed E-state index contributed by atoms with van der Waals surface area (Å²) in [6, 6.07) is 14.4. The fourth-order valence-electron chi connectivity index (χ4n) is 2.95. The summed E-state index contributed by atoms with van der Waals surface area (Å²) in [5.41, 5.74) is 3.08. The number of thiocarbonyl (C=S) groups is 1. The Morgan fingerprint density at radius 2 is 1.92 bits per heavy atom. The molecule has 0 aromatic heterocycles. The maximum Gasteiger partial charge on any atom is 0.171 e. The Hall–Kier alpha value is -1.59. The largest absolute Gasteiger partial charge is 0.487 e. The van der Waals surface area contributed by atoms with Gasteiger partial charge in [0.25, 0.3) is 0 Å². The van der Waals surface area contributed by atoms with Crippen molar-refractivity contribution in [2.24, 2.45) is 0 Å². The number of hydrogen-bond donors (Lipinski definition) is 2. The molecule has 0 fully saturated rings. The second kappa shape index (κ2) is 6.73. The average molecular weight is 405 g/mol. The van der Waals surface area contributed by atoms with Crippen LogP contribution in [-0.4, -0.2) is 10.7 Å². The molecule has 3 rings (SSSR count).